The Labute approximate surface area is 118 Å². The molecule has 1 aromatic rings. The summed E-state index contributed by atoms with van der Waals surface area (Å²) in [6, 6.07) is 10.1. The number of carbonyl (C=O) groups excluding carboxylic acids is 1. The minimum absolute atomic E-state index is 0.0526. The Hall–Kier alpha value is -1.84. The predicted octanol–water partition coefficient (Wildman–Crippen LogP) is 1.99. The molecule has 0 atom stereocenters. The first-order valence-corrected chi connectivity index (χ1v) is 7.17. The van der Waals surface area contributed by atoms with Gasteiger partial charge in [0, 0.05) is 6.04 Å². The van der Waals surface area contributed by atoms with Gasteiger partial charge in [0.15, 0.2) is 0 Å². The van der Waals surface area contributed by atoms with Crippen molar-refractivity contribution >= 4 is 11.9 Å². The van der Waals surface area contributed by atoms with E-state index in [0.29, 0.717) is 12.8 Å². The monoisotopic (exact) mass is 273 g/mol. The van der Waals surface area contributed by atoms with Gasteiger partial charge in [0.25, 0.3) is 0 Å². The van der Waals surface area contributed by atoms with Gasteiger partial charge in [0.2, 0.25) is 5.91 Å². The largest absolute Gasteiger partial charge is 0.481 e. The summed E-state index contributed by atoms with van der Waals surface area (Å²) in [5, 5.41) is 11.9. The SMILES string of the molecule is O=C(O)C1CC(NC(=O)C2(Cc3ccccc3)CC2)C1. The average molecular weight is 273 g/mol. The van der Waals surface area contributed by atoms with E-state index in [-0.39, 0.29) is 23.3 Å². The average Bonchev–Trinajstić information content (AvgIpc) is 3.14. The number of hydrogen-bond acceptors (Lipinski definition) is 2. The van der Waals surface area contributed by atoms with E-state index in [1.54, 1.807) is 0 Å². The van der Waals surface area contributed by atoms with Crippen LogP contribution >= 0.6 is 0 Å². The summed E-state index contributed by atoms with van der Waals surface area (Å²) in [7, 11) is 0. The second-order valence-electron chi connectivity index (χ2n) is 6.12. The van der Waals surface area contributed by atoms with E-state index in [0.717, 1.165) is 19.3 Å². The minimum atomic E-state index is -0.749. The zero-order chi connectivity index (χ0) is 14.2. The number of aliphatic carboxylic acids is 1. The molecule has 0 radical (unpaired) electrons. The number of hydrogen-bond donors (Lipinski definition) is 2. The Morgan fingerprint density at radius 3 is 2.40 bits per heavy atom. The van der Waals surface area contributed by atoms with Gasteiger partial charge in [-0.15, -0.1) is 0 Å². The lowest BCUT2D eigenvalue weighted by atomic mass is 9.80. The molecule has 0 heterocycles. The van der Waals surface area contributed by atoms with E-state index in [4.69, 9.17) is 5.11 Å². The zero-order valence-electron chi connectivity index (χ0n) is 11.3. The summed E-state index contributed by atoms with van der Waals surface area (Å²) in [5.74, 6) is -0.916. The molecule has 3 rings (SSSR count). The Balaban J connectivity index is 1.54. The molecule has 106 valence electrons. The van der Waals surface area contributed by atoms with Gasteiger partial charge in [-0.3, -0.25) is 9.59 Å². The van der Waals surface area contributed by atoms with Crippen molar-refractivity contribution in [1.82, 2.24) is 5.32 Å². The maximum absolute atomic E-state index is 12.4. The molecule has 0 bridgehead atoms. The van der Waals surface area contributed by atoms with Crippen molar-refractivity contribution in [3.05, 3.63) is 35.9 Å². The van der Waals surface area contributed by atoms with Crippen molar-refractivity contribution < 1.29 is 14.7 Å². The second kappa shape index (κ2) is 4.93. The normalized spacial score (nSPS) is 26.4. The van der Waals surface area contributed by atoms with Crippen LogP contribution in [0.2, 0.25) is 0 Å². The van der Waals surface area contributed by atoms with Gasteiger partial charge < -0.3 is 10.4 Å². The number of rotatable bonds is 5. The number of carboxylic acid groups (broad SMARTS) is 1. The topological polar surface area (TPSA) is 66.4 Å². The fourth-order valence-corrected chi connectivity index (χ4v) is 2.90. The van der Waals surface area contributed by atoms with Gasteiger partial charge in [-0.05, 0) is 37.7 Å². The van der Waals surface area contributed by atoms with Crippen LogP contribution in [0.5, 0.6) is 0 Å². The van der Waals surface area contributed by atoms with Crippen molar-refractivity contribution in [2.45, 2.75) is 38.1 Å². The standard InChI is InChI=1S/C16H19NO3/c18-14(19)12-8-13(9-12)17-15(20)16(6-7-16)10-11-4-2-1-3-5-11/h1-5,12-13H,6-10H2,(H,17,20)(H,18,19). The first-order chi connectivity index (χ1) is 9.59. The number of carbonyl (C=O) groups is 2. The fraction of sp³-hybridized carbons (Fsp3) is 0.500. The molecule has 2 saturated carbocycles. The Morgan fingerprint density at radius 2 is 1.85 bits per heavy atom. The van der Waals surface area contributed by atoms with Crippen molar-refractivity contribution in [2.24, 2.45) is 11.3 Å². The summed E-state index contributed by atoms with van der Waals surface area (Å²) in [6.07, 6.45) is 3.80. The molecule has 1 amide bonds. The summed E-state index contributed by atoms with van der Waals surface area (Å²) >= 11 is 0. The molecule has 0 saturated heterocycles. The first kappa shape index (κ1) is 13.2. The van der Waals surface area contributed by atoms with E-state index < -0.39 is 5.97 Å². The summed E-state index contributed by atoms with van der Waals surface area (Å²) in [5.41, 5.74) is 0.951. The molecule has 0 unspecified atom stereocenters. The molecule has 0 aromatic heterocycles. The van der Waals surface area contributed by atoms with Gasteiger partial charge >= 0.3 is 5.97 Å². The third kappa shape index (κ3) is 2.55. The van der Waals surface area contributed by atoms with Crippen molar-refractivity contribution in [1.29, 1.82) is 0 Å². The maximum Gasteiger partial charge on any atom is 0.306 e. The van der Waals surface area contributed by atoms with Crippen LogP contribution in [0.1, 0.15) is 31.2 Å². The molecule has 0 aliphatic heterocycles. The number of benzene rings is 1. The van der Waals surface area contributed by atoms with Crippen molar-refractivity contribution in [2.75, 3.05) is 0 Å². The van der Waals surface area contributed by atoms with Crippen LogP contribution in [0, 0.1) is 11.3 Å². The van der Waals surface area contributed by atoms with Gasteiger partial charge in [0.05, 0.1) is 11.3 Å². The summed E-state index contributed by atoms with van der Waals surface area (Å²) in [6.45, 7) is 0. The van der Waals surface area contributed by atoms with E-state index in [2.05, 4.69) is 17.4 Å². The van der Waals surface area contributed by atoms with Crippen LogP contribution in [0.25, 0.3) is 0 Å². The van der Waals surface area contributed by atoms with Crippen molar-refractivity contribution in [3.8, 4) is 0 Å². The second-order valence-corrected chi connectivity index (χ2v) is 6.12. The van der Waals surface area contributed by atoms with Gasteiger partial charge in [-0.1, -0.05) is 30.3 Å². The van der Waals surface area contributed by atoms with E-state index in [1.807, 2.05) is 18.2 Å². The highest BCUT2D eigenvalue weighted by Crippen LogP contribution is 2.49. The van der Waals surface area contributed by atoms with Crippen LogP contribution in [-0.4, -0.2) is 23.0 Å². The molecule has 2 fully saturated rings. The lowest BCUT2D eigenvalue weighted by Crippen LogP contribution is -2.49. The molecule has 20 heavy (non-hydrogen) atoms. The third-order valence-electron chi connectivity index (χ3n) is 4.54. The van der Waals surface area contributed by atoms with Crippen molar-refractivity contribution in [3.63, 3.8) is 0 Å². The van der Waals surface area contributed by atoms with Gasteiger partial charge in [0.1, 0.15) is 0 Å². The Bertz CT molecular complexity index is 516. The molecule has 2 aliphatic rings. The molecular weight excluding hydrogens is 254 g/mol. The van der Waals surface area contributed by atoms with Crippen LogP contribution in [0.3, 0.4) is 0 Å². The van der Waals surface area contributed by atoms with E-state index >= 15 is 0 Å². The molecular formula is C16H19NO3. The third-order valence-corrected chi connectivity index (χ3v) is 4.54. The molecule has 0 spiro atoms. The zero-order valence-corrected chi connectivity index (χ0v) is 11.3. The van der Waals surface area contributed by atoms with E-state index in [9.17, 15) is 9.59 Å². The number of nitrogens with one attached hydrogen (secondary N) is 1. The molecule has 2 aliphatic carbocycles. The molecule has 4 heteroatoms. The lowest BCUT2D eigenvalue weighted by Gasteiger charge is -2.34. The Morgan fingerprint density at radius 1 is 1.20 bits per heavy atom. The molecule has 2 N–H and O–H groups in total. The molecule has 4 nitrogen and oxygen atoms in total. The number of amides is 1. The first-order valence-electron chi connectivity index (χ1n) is 7.17. The highest BCUT2D eigenvalue weighted by atomic mass is 16.4. The summed E-state index contributed by atoms with van der Waals surface area (Å²) in [4.78, 5) is 23.1. The van der Waals surface area contributed by atoms with Crippen LogP contribution in [0.15, 0.2) is 30.3 Å². The maximum atomic E-state index is 12.4. The Kier molecular flexibility index (Phi) is 3.24. The van der Waals surface area contributed by atoms with Gasteiger partial charge in [-0.25, -0.2) is 0 Å². The van der Waals surface area contributed by atoms with Crippen LogP contribution in [-0.2, 0) is 16.0 Å². The number of carboxylic acids is 1. The highest BCUT2D eigenvalue weighted by molar-refractivity contribution is 5.86. The van der Waals surface area contributed by atoms with Crippen LogP contribution < -0.4 is 5.32 Å². The van der Waals surface area contributed by atoms with Crippen LogP contribution in [0.4, 0.5) is 0 Å². The smallest absolute Gasteiger partial charge is 0.306 e. The lowest BCUT2D eigenvalue weighted by molar-refractivity contribution is -0.146. The van der Waals surface area contributed by atoms with Gasteiger partial charge in [-0.2, -0.15) is 0 Å². The minimum Gasteiger partial charge on any atom is -0.481 e. The quantitative estimate of drug-likeness (QED) is 0.862. The fourth-order valence-electron chi connectivity index (χ4n) is 2.90. The van der Waals surface area contributed by atoms with E-state index in [1.165, 1.54) is 5.56 Å². The molecule has 1 aromatic carbocycles. The summed E-state index contributed by atoms with van der Waals surface area (Å²) < 4.78 is 0. The highest BCUT2D eigenvalue weighted by Gasteiger charge is 2.50. The predicted molar refractivity (Wildman–Crippen MR) is 74.1 cm³/mol.